The fourth-order valence-electron chi connectivity index (χ4n) is 5.78. The molecular formula is C30H35N4O2P. The number of hydrogen-bond acceptors (Lipinski definition) is 6. The van der Waals surface area contributed by atoms with Gasteiger partial charge in [-0.25, -0.2) is 0 Å². The number of allylic oxidation sites excluding steroid dienone is 3. The summed E-state index contributed by atoms with van der Waals surface area (Å²) in [6.07, 6.45) is 24.9. The Kier molecular flexibility index (Phi) is 8.03. The summed E-state index contributed by atoms with van der Waals surface area (Å²) in [5, 5.41) is 9.44. The fourth-order valence-corrected chi connectivity index (χ4v) is 8.45. The predicted molar refractivity (Wildman–Crippen MR) is 146 cm³/mol. The third-order valence-corrected chi connectivity index (χ3v) is 11.1. The van der Waals surface area contributed by atoms with Gasteiger partial charge in [0.2, 0.25) is 0 Å². The third-order valence-electron chi connectivity index (χ3n) is 7.96. The average molecular weight is 515 g/mol. The number of pyridine rings is 2. The van der Waals surface area contributed by atoms with Crippen molar-refractivity contribution in [2.24, 2.45) is 0 Å². The van der Waals surface area contributed by atoms with Crippen molar-refractivity contribution in [2.75, 3.05) is 18.5 Å². The van der Waals surface area contributed by atoms with E-state index < -0.39 is 7.14 Å². The maximum absolute atomic E-state index is 14.2. The van der Waals surface area contributed by atoms with Crippen LogP contribution in [0.5, 0.6) is 0 Å². The minimum absolute atomic E-state index is 0.189. The summed E-state index contributed by atoms with van der Waals surface area (Å²) in [5.74, 6) is 0. The van der Waals surface area contributed by atoms with E-state index in [1.54, 1.807) is 30.9 Å². The van der Waals surface area contributed by atoms with Crippen LogP contribution in [0.4, 0.5) is 0 Å². The Morgan fingerprint density at radius 1 is 0.973 bits per heavy atom. The van der Waals surface area contributed by atoms with Crippen LogP contribution in [0, 0.1) is 11.3 Å². The summed E-state index contributed by atoms with van der Waals surface area (Å²) in [7, 11) is -2.42. The van der Waals surface area contributed by atoms with E-state index >= 15 is 0 Å². The molecule has 0 aromatic carbocycles. The summed E-state index contributed by atoms with van der Waals surface area (Å²) in [6.45, 7) is 0. The highest BCUT2D eigenvalue weighted by Crippen LogP contribution is 2.50. The van der Waals surface area contributed by atoms with Gasteiger partial charge in [0.15, 0.2) is 6.23 Å². The number of rotatable bonds is 9. The van der Waals surface area contributed by atoms with Gasteiger partial charge in [-0.05, 0) is 85.2 Å². The highest BCUT2D eigenvalue weighted by Gasteiger charge is 2.49. The van der Waals surface area contributed by atoms with Crippen LogP contribution in [0.3, 0.4) is 0 Å². The maximum atomic E-state index is 14.2. The monoisotopic (exact) mass is 514 g/mol. The largest absolute Gasteiger partial charge is 0.342 e. The summed E-state index contributed by atoms with van der Waals surface area (Å²) in [5.41, 5.74) is 4.17. The van der Waals surface area contributed by atoms with Crippen LogP contribution < -0.4 is 0 Å². The summed E-state index contributed by atoms with van der Waals surface area (Å²) in [4.78, 5) is 10.3. The number of ether oxygens (including phenoxy) is 1. The van der Waals surface area contributed by atoms with Gasteiger partial charge < -0.3 is 14.2 Å². The molecule has 4 heterocycles. The van der Waals surface area contributed by atoms with Crippen molar-refractivity contribution in [3.05, 3.63) is 95.9 Å². The summed E-state index contributed by atoms with van der Waals surface area (Å²) < 4.78 is 20.9. The van der Waals surface area contributed by atoms with Gasteiger partial charge in [-0.3, -0.25) is 9.97 Å². The second-order valence-electron chi connectivity index (χ2n) is 10.4. The maximum Gasteiger partial charge on any atom is 0.154 e. The Morgan fingerprint density at radius 2 is 1.57 bits per heavy atom. The molecule has 1 saturated carbocycles. The van der Waals surface area contributed by atoms with Crippen LogP contribution in [-0.4, -0.2) is 45.2 Å². The number of hydrogen-bond donors (Lipinski definition) is 0. The minimum atomic E-state index is -2.42. The molecule has 1 unspecified atom stereocenters. The first-order valence-corrected chi connectivity index (χ1v) is 15.7. The lowest BCUT2D eigenvalue weighted by Gasteiger charge is -2.33. The molecule has 1 spiro atoms. The Morgan fingerprint density at radius 3 is 2.16 bits per heavy atom. The van der Waals surface area contributed by atoms with E-state index in [1.807, 2.05) is 24.3 Å². The molecule has 0 radical (unpaired) electrons. The quantitative estimate of drug-likeness (QED) is 0.291. The smallest absolute Gasteiger partial charge is 0.154 e. The first kappa shape index (κ1) is 25.6. The molecular weight excluding hydrogens is 479 g/mol. The number of fused-ring (bicyclic) bond motifs is 1. The van der Waals surface area contributed by atoms with Gasteiger partial charge in [0.25, 0.3) is 0 Å². The highest BCUT2D eigenvalue weighted by molar-refractivity contribution is 7.63. The van der Waals surface area contributed by atoms with Crippen LogP contribution >= 0.6 is 7.14 Å². The van der Waals surface area contributed by atoms with Crippen LogP contribution in [0.25, 0.3) is 0 Å². The highest BCUT2D eigenvalue weighted by atomic mass is 31.2. The third kappa shape index (κ3) is 6.12. The van der Waals surface area contributed by atoms with Crippen LogP contribution in [0.15, 0.2) is 84.8 Å². The Hall–Kier alpha value is -3.00. The van der Waals surface area contributed by atoms with Crippen molar-refractivity contribution in [1.29, 1.82) is 5.26 Å². The van der Waals surface area contributed by atoms with E-state index in [4.69, 9.17) is 4.74 Å². The van der Waals surface area contributed by atoms with Crippen molar-refractivity contribution >= 4 is 7.14 Å². The first-order chi connectivity index (χ1) is 18.1. The normalized spacial score (nSPS) is 21.6. The minimum Gasteiger partial charge on any atom is -0.342 e. The molecule has 0 bridgehead atoms. The second kappa shape index (κ2) is 11.6. The van der Waals surface area contributed by atoms with Gasteiger partial charge in [0.1, 0.15) is 5.60 Å². The van der Waals surface area contributed by atoms with Crippen molar-refractivity contribution in [2.45, 2.75) is 63.2 Å². The van der Waals surface area contributed by atoms with E-state index in [0.29, 0.717) is 18.5 Å². The van der Waals surface area contributed by atoms with Crippen LogP contribution in [0.1, 0.15) is 49.7 Å². The molecule has 2 aliphatic heterocycles. The Balaban J connectivity index is 1.28. The SMILES string of the molecule is N#C/C=C1\N2C=CC(CCP(=O)(CCc3ccncc3)CCc3ccncc3)=CC2OC12CCCCC2. The zero-order valence-corrected chi connectivity index (χ0v) is 22.2. The van der Waals surface area contributed by atoms with Crippen molar-refractivity contribution in [1.82, 2.24) is 14.9 Å². The van der Waals surface area contributed by atoms with E-state index in [2.05, 4.69) is 39.3 Å². The van der Waals surface area contributed by atoms with Crippen molar-refractivity contribution in [3.8, 4) is 6.07 Å². The molecule has 1 aliphatic carbocycles. The molecule has 0 amide bonds. The summed E-state index contributed by atoms with van der Waals surface area (Å²) >= 11 is 0. The Bertz CT molecular complexity index is 1200. The summed E-state index contributed by atoms with van der Waals surface area (Å²) in [6, 6.07) is 10.3. The predicted octanol–water partition coefficient (Wildman–Crippen LogP) is 6.24. The van der Waals surface area contributed by atoms with Gasteiger partial charge in [0.05, 0.1) is 18.9 Å². The van der Waals surface area contributed by atoms with Crippen molar-refractivity contribution < 1.29 is 9.30 Å². The standard InChI is InChI=1S/C30H35N4O2P/c31-15-4-28-30(13-2-1-3-14-30)36-29-24-27(9-20-34(28)29)12-23-37(35,21-10-25-5-16-32-17-6-25)22-11-26-7-18-33-19-8-26/h4-9,16-20,24,29H,1-3,10-14,21-23H2/b28-4-. The van der Waals surface area contributed by atoms with Crippen LogP contribution in [0.2, 0.25) is 0 Å². The topological polar surface area (TPSA) is 79.1 Å². The average Bonchev–Trinajstić information content (AvgIpc) is 3.23. The molecule has 7 heteroatoms. The molecule has 1 saturated heterocycles. The number of nitrogens with zero attached hydrogens (tertiary/aromatic N) is 4. The zero-order chi connectivity index (χ0) is 25.6. The van der Waals surface area contributed by atoms with E-state index in [-0.39, 0.29) is 11.8 Å². The molecule has 2 aromatic heterocycles. The molecule has 192 valence electrons. The van der Waals surface area contributed by atoms with Crippen LogP contribution in [-0.2, 0) is 22.1 Å². The van der Waals surface area contributed by atoms with Gasteiger partial charge in [-0.2, -0.15) is 5.26 Å². The van der Waals surface area contributed by atoms with Gasteiger partial charge >= 0.3 is 0 Å². The first-order valence-electron chi connectivity index (χ1n) is 13.4. The fraction of sp³-hybridized carbons (Fsp3) is 0.433. The molecule has 37 heavy (non-hydrogen) atoms. The lowest BCUT2D eigenvalue weighted by Crippen LogP contribution is -2.33. The van der Waals surface area contributed by atoms with E-state index in [9.17, 15) is 9.83 Å². The van der Waals surface area contributed by atoms with Crippen molar-refractivity contribution in [3.63, 3.8) is 0 Å². The zero-order valence-electron chi connectivity index (χ0n) is 21.3. The molecule has 2 fully saturated rings. The molecule has 0 N–H and O–H groups in total. The Labute approximate surface area is 220 Å². The second-order valence-corrected chi connectivity index (χ2v) is 13.8. The number of aromatic nitrogens is 2. The molecule has 1 atom stereocenters. The molecule has 3 aliphatic rings. The lowest BCUT2D eigenvalue weighted by atomic mass is 9.82. The molecule has 5 rings (SSSR count). The lowest BCUT2D eigenvalue weighted by molar-refractivity contribution is -0.0453. The number of aryl methyl sites for hydroxylation is 2. The number of nitriles is 1. The van der Waals surface area contributed by atoms with Gasteiger partial charge in [-0.15, -0.1) is 0 Å². The van der Waals surface area contributed by atoms with E-state index in [0.717, 1.165) is 50.6 Å². The van der Waals surface area contributed by atoms with E-state index in [1.165, 1.54) is 23.1 Å². The molecule has 2 aromatic rings. The van der Waals surface area contributed by atoms with Gasteiger partial charge in [-0.1, -0.05) is 19.3 Å². The molecule has 6 nitrogen and oxygen atoms in total. The van der Waals surface area contributed by atoms with Gasteiger partial charge in [0, 0.05) is 55.5 Å².